The van der Waals surface area contributed by atoms with E-state index in [2.05, 4.69) is 10.3 Å². The van der Waals surface area contributed by atoms with Crippen molar-refractivity contribution in [2.75, 3.05) is 19.0 Å². The number of aryl methyl sites for hydroxylation is 1. The Morgan fingerprint density at radius 1 is 1.18 bits per heavy atom. The lowest BCUT2D eigenvalue weighted by Crippen LogP contribution is -2.38. The Morgan fingerprint density at radius 3 is 2.77 bits per heavy atom. The van der Waals surface area contributed by atoms with Crippen molar-refractivity contribution in [1.82, 2.24) is 19.4 Å². The summed E-state index contributed by atoms with van der Waals surface area (Å²) in [7, 11) is 3.28. The molecule has 2 aliphatic heterocycles. The van der Waals surface area contributed by atoms with Crippen LogP contribution >= 0.6 is 0 Å². The lowest BCUT2D eigenvalue weighted by atomic mass is 9.93. The van der Waals surface area contributed by atoms with Gasteiger partial charge in [-0.1, -0.05) is 25.5 Å². The van der Waals surface area contributed by atoms with E-state index >= 15 is 0 Å². The van der Waals surface area contributed by atoms with Crippen LogP contribution in [-0.2, 0) is 32.6 Å². The Kier molecular flexibility index (Phi) is 7.58. The zero-order valence-electron chi connectivity index (χ0n) is 22.5. The summed E-state index contributed by atoms with van der Waals surface area (Å²) < 4.78 is 6.75. The normalized spacial score (nSPS) is 19.8. The van der Waals surface area contributed by atoms with Crippen LogP contribution in [0.15, 0.2) is 55.1 Å². The van der Waals surface area contributed by atoms with Crippen molar-refractivity contribution in [3.8, 4) is 11.1 Å². The molecule has 0 unspecified atom stereocenters. The van der Waals surface area contributed by atoms with Crippen LogP contribution in [0.3, 0.4) is 0 Å². The summed E-state index contributed by atoms with van der Waals surface area (Å²) in [6.45, 7) is 2.50. The monoisotopic (exact) mass is 527 g/mol. The number of esters is 1. The van der Waals surface area contributed by atoms with Crippen LogP contribution in [0.5, 0.6) is 0 Å². The van der Waals surface area contributed by atoms with E-state index in [9.17, 15) is 14.4 Å². The third-order valence-electron chi connectivity index (χ3n) is 7.64. The van der Waals surface area contributed by atoms with Crippen LogP contribution in [-0.4, -0.2) is 50.9 Å². The summed E-state index contributed by atoms with van der Waals surface area (Å²) in [5.41, 5.74) is 5.85. The Hall–Kier alpha value is -4.27. The van der Waals surface area contributed by atoms with Gasteiger partial charge in [0.25, 0.3) is 0 Å². The van der Waals surface area contributed by atoms with Gasteiger partial charge in [-0.15, -0.1) is 0 Å². The first-order chi connectivity index (χ1) is 18.8. The maximum atomic E-state index is 13.4. The topological polar surface area (TPSA) is 106 Å². The molecule has 9 heteroatoms. The van der Waals surface area contributed by atoms with Gasteiger partial charge in [0.1, 0.15) is 0 Å². The van der Waals surface area contributed by atoms with E-state index in [0.29, 0.717) is 25.1 Å². The Balaban J connectivity index is 1.52. The quantitative estimate of drug-likeness (QED) is 0.507. The van der Waals surface area contributed by atoms with Gasteiger partial charge in [-0.3, -0.25) is 19.4 Å². The molecule has 0 fully saturated rings. The van der Waals surface area contributed by atoms with Gasteiger partial charge in [-0.2, -0.15) is 0 Å². The van der Waals surface area contributed by atoms with E-state index in [1.54, 1.807) is 24.8 Å². The minimum Gasteiger partial charge on any atom is -0.469 e. The molecule has 4 heterocycles. The number of hydrogen-bond acceptors (Lipinski definition) is 6. The smallest absolute Gasteiger partial charge is 0.309 e. The van der Waals surface area contributed by atoms with E-state index < -0.39 is 0 Å². The van der Waals surface area contributed by atoms with Crippen molar-refractivity contribution in [2.24, 2.45) is 13.0 Å². The molecular weight excluding hydrogens is 494 g/mol. The number of nitrogens with zero attached hydrogens (tertiary/aromatic N) is 4. The second kappa shape index (κ2) is 11.2. The first kappa shape index (κ1) is 26.3. The fourth-order valence-electron chi connectivity index (χ4n) is 5.39. The number of amides is 2. The minimum atomic E-state index is -0.344. The third-order valence-corrected chi connectivity index (χ3v) is 7.64. The second-order valence-electron chi connectivity index (χ2n) is 10.3. The van der Waals surface area contributed by atoms with Gasteiger partial charge in [-0.25, -0.2) is 4.98 Å². The molecule has 5 rings (SSSR count). The number of hydrogen-bond donors (Lipinski definition) is 1. The number of methoxy groups -OCH3 is 1. The van der Waals surface area contributed by atoms with Crippen molar-refractivity contribution in [3.63, 3.8) is 0 Å². The first-order valence-corrected chi connectivity index (χ1v) is 13.3. The summed E-state index contributed by atoms with van der Waals surface area (Å²) >= 11 is 0. The van der Waals surface area contributed by atoms with Crippen LogP contribution in [0, 0.1) is 5.92 Å². The molecule has 9 nitrogen and oxygen atoms in total. The number of nitrogens with one attached hydrogen (secondary N) is 1. The Morgan fingerprint density at radius 2 is 2.03 bits per heavy atom. The second-order valence-corrected chi connectivity index (χ2v) is 10.3. The van der Waals surface area contributed by atoms with Crippen LogP contribution in [0.4, 0.5) is 5.69 Å². The number of carbonyl (C=O) groups is 3. The zero-order valence-corrected chi connectivity index (χ0v) is 22.5. The average Bonchev–Trinajstić information content (AvgIpc) is 3.36. The zero-order chi connectivity index (χ0) is 27.5. The number of fused-ring (bicyclic) bond motifs is 4. The molecule has 0 aliphatic carbocycles. The molecule has 0 radical (unpaired) electrons. The van der Waals surface area contributed by atoms with Gasteiger partial charge in [-0.05, 0) is 54.2 Å². The molecule has 2 aromatic heterocycles. The van der Waals surface area contributed by atoms with E-state index in [1.165, 1.54) is 7.11 Å². The highest BCUT2D eigenvalue weighted by molar-refractivity contribution is 5.98. The minimum absolute atomic E-state index is 0.0413. The van der Waals surface area contributed by atoms with Crippen molar-refractivity contribution < 1.29 is 19.1 Å². The summed E-state index contributed by atoms with van der Waals surface area (Å²) in [6, 6.07) is 9.31. The fraction of sp³-hybridized carbons (Fsp3) is 0.367. The molecule has 2 bridgehead atoms. The number of carbonyl (C=O) groups excluding carboxylic acids is 3. The molecule has 0 spiro atoms. The van der Waals surface area contributed by atoms with Crippen molar-refractivity contribution in [1.29, 1.82) is 0 Å². The highest BCUT2D eigenvalue weighted by Crippen LogP contribution is 2.36. The molecule has 2 amide bonds. The molecule has 1 aromatic carbocycles. The van der Waals surface area contributed by atoms with Gasteiger partial charge in [0.15, 0.2) is 0 Å². The molecule has 0 saturated heterocycles. The number of pyridine rings is 1. The molecule has 1 N–H and O–H groups in total. The van der Waals surface area contributed by atoms with E-state index in [0.717, 1.165) is 46.5 Å². The number of anilines is 1. The Labute approximate surface area is 227 Å². The first-order valence-electron chi connectivity index (χ1n) is 13.3. The number of ether oxygens (including phenoxy) is 1. The number of imidazole rings is 1. The van der Waals surface area contributed by atoms with Crippen molar-refractivity contribution in [2.45, 2.75) is 45.1 Å². The summed E-state index contributed by atoms with van der Waals surface area (Å²) in [6.07, 6.45) is 9.99. The predicted molar refractivity (Wildman–Crippen MR) is 147 cm³/mol. The van der Waals surface area contributed by atoms with E-state index in [4.69, 9.17) is 9.72 Å². The van der Waals surface area contributed by atoms with Crippen LogP contribution in [0.1, 0.15) is 55.6 Å². The molecule has 39 heavy (non-hydrogen) atoms. The van der Waals surface area contributed by atoms with Gasteiger partial charge in [0.2, 0.25) is 11.8 Å². The SMILES string of the molecule is COC(=O)Cc1ccc2c(c1)NC(=O)[C@H](C)CCC[C@H](N1CCC(c3cncn3C)=CC1=O)c1cc-2ccn1. The Bertz CT molecular complexity index is 1440. The van der Waals surface area contributed by atoms with Gasteiger partial charge >= 0.3 is 5.97 Å². The van der Waals surface area contributed by atoms with Gasteiger partial charge in [0.05, 0.1) is 43.5 Å². The van der Waals surface area contributed by atoms with Gasteiger partial charge in [0, 0.05) is 43.0 Å². The molecule has 2 aliphatic rings. The number of aromatic nitrogens is 3. The van der Waals surface area contributed by atoms with E-state index in [1.807, 2.05) is 53.8 Å². The van der Waals surface area contributed by atoms with Crippen LogP contribution in [0.2, 0.25) is 0 Å². The molecular formula is C30H33N5O4. The number of rotatable bonds is 4. The lowest BCUT2D eigenvalue weighted by Gasteiger charge is -2.34. The maximum Gasteiger partial charge on any atom is 0.309 e. The lowest BCUT2D eigenvalue weighted by molar-refractivity contribution is -0.139. The summed E-state index contributed by atoms with van der Waals surface area (Å²) in [4.78, 5) is 49.2. The predicted octanol–water partition coefficient (Wildman–Crippen LogP) is 4.31. The average molecular weight is 528 g/mol. The third kappa shape index (κ3) is 5.62. The fourth-order valence-corrected chi connectivity index (χ4v) is 5.39. The van der Waals surface area contributed by atoms with E-state index in [-0.39, 0.29) is 36.2 Å². The highest BCUT2D eigenvalue weighted by atomic mass is 16.5. The van der Waals surface area contributed by atoms with Crippen molar-refractivity contribution in [3.05, 3.63) is 72.1 Å². The summed E-state index contributed by atoms with van der Waals surface area (Å²) in [5.74, 6) is -0.679. The summed E-state index contributed by atoms with van der Waals surface area (Å²) in [5, 5.41) is 3.08. The molecule has 202 valence electrons. The molecule has 0 saturated carbocycles. The maximum absolute atomic E-state index is 13.4. The van der Waals surface area contributed by atoms with Gasteiger partial charge < -0.3 is 19.5 Å². The largest absolute Gasteiger partial charge is 0.469 e. The molecule has 3 aromatic rings. The molecule has 2 atom stereocenters. The standard InChI is InChI=1S/C30H33N5O4/c1-19-5-4-6-26(35-12-10-22(16-28(35)36)27-17-31-18-34(27)2)25-15-21(9-11-32-25)23-8-7-20(14-29(37)39-3)13-24(23)33-30(19)38/h7-9,11,13,15-19,26H,4-6,10,12,14H2,1-3H3,(H,33,38)/t19-,26+/m1/s1. The van der Waals surface area contributed by atoms with Crippen LogP contribution in [0.25, 0.3) is 16.7 Å². The number of benzene rings is 1. The van der Waals surface area contributed by atoms with Crippen molar-refractivity contribution >= 4 is 29.0 Å². The van der Waals surface area contributed by atoms with Crippen LogP contribution < -0.4 is 5.32 Å². The highest BCUT2D eigenvalue weighted by Gasteiger charge is 2.30.